The molecule has 6 nitrogen and oxygen atoms in total. The fourth-order valence-corrected chi connectivity index (χ4v) is 4.12. The highest BCUT2D eigenvalue weighted by atomic mass is 127. The predicted octanol–water partition coefficient (Wildman–Crippen LogP) is 3.90. The van der Waals surface area contributed by atoms with Crippen molar-refractivity contribution in [2.75, 3.05) is 51.5 Å². The van der Waals surface area contributed by atoms with Crippen molar-refractivity contribution in [2.24, 2.45) is 4.99 Å². The first-order valence-corrected chi connectivity index (χ1v) is 10.5. The Balaban J connectivity index is 0.00000272. The summed E-state index contributed by atoms with van der Waals surface area (Å²) in [5, 5.41) is 4.16. The Hall–Kier alpha value is -1.78. The third-order valence-corrected chi connectivity index (χ3v) is 5.63. The van der Waals surface area contributed by atoms with Gasteiger partial charge in [-0.1, -0.05) is 17.7 Å². The van der Waals surface area contributed by atoms with Gasteiger partial charge < -0.3 is 24.6 Å². The lowest BCUT2D eigenvalue weighted by atomic mass is 10.1. The van der Waals surface area contributed by atoms with Crippen LogP contribution in [0.1, 0.15) is 11.1 Å². The number of hydrogen-bond donors (Lipinski definition) is 1. The quantitative estimate of drug-likeness (QED) is 0.349. The van der Waals surface area contributed by atoms with Gasteiger partial charge in [-0.25, -0.2) is 4.39 Å². The second-order valence-electron chi connectivity index (χ2n) is 7.34. The van der Waals surface area contributed by atoms with Gasteiger partial charge in [0.1, 0.15) is 11.6 Å². The number of aliphatic imine (C=N–C) groups is 1. The van der Waals surface area contributed by atoms with Gasteiger partial charge in [0.15, 0.2) is 12.8 Å². The Kier molecular flexibility index (Phi) is 8.62. The average molecular weight is 561 g/mol. The van der Waals surface area contributed by atoms with Crippen molar-refractivity contribution in [1.29, 1.82) is 0 Å². The van der Waals surface area contributed by atoms with Crippen molar-refractivity contribution in [3.8, 4) is 5.75 Å². The Bertz CT molecular complexity index is 922. The number of hydrogen-bond acceptors (Lipinski definition) is 4. The van der Waals surface area contributed by atoms with Crippen molar-refractivity contribution < 1.29 is 13.9 Å². The number of piperazine rings is 1. The first kappa shape index (κ1) is 23.9. The molecule has 0 unspecified atom stereocenters. The molecular weight excluding hydrogens is 534 g/mol. The summed E-state index contributed by atoms with van der Waals surface area (Å²) in [7, 11) is 1.79. The van der Waals surface area contributed by atoms with Crippen LogP contribution >= 0.6 is 35.6 Å². The summed E-state index contributed by atoms with van der Waals surface area (Å²) in [5.41, 5.74) is 2.75. The van der Waals surface area contributed by atoms with E-state index in [4.69, 9.17) is 21.1 Å². The van der Waals surface area contributed by atoms with Crippen LogP contribution in [0.15, 0.2) is 41.4 Å². The van der Waals surface area contributed by atoms with Crippen LogP contribution in [0.5, 0.6) is 5.75 Å². The van der Waals surface area contributed by atoms with Crippen LogP contribution in [0.3, 0.4) is 0 Å². The standard InChI is InChI=1S/C22H26ClFN4O2.HI/c1-25-22(28-9-7-27(8-10-28)20-4-2-3-18(23)13-20)26-6-5-16-11-19(24)12-17-14-29-15-30-21(16)17;/h2-4,11-13H,5-10,14-15H2,1H3,(H,25,26);1H. The summed E-state index contributed by atoms with van der Waals surface area (Å²) in [6.07, 6.45) is 0.640. The number of halogens is 3. The monoisotopic (exact) mass is 560 g/mol. The van der Waals surface area contributed by atoms with E-state index in [9.17, 15) is 4.39 Å². The van der Waals surface area contributed by atoms with Crippen molar-refractivity contribution in [2.45, 2.75) is 13.0 Å². The topological polar surface area (TPSA) is 49.3 Å². The highest BCUT2D eigenvalue weighted by molar-refractivity contribution is 14.0. The van der Waals surface area contributed by atoms with Gasteiger partial charge in [-0.05, 0) is 42.3 Å². The number of guanidine groups is 1. The first-order chi connectivity index (χ1) is 14.6. The first-order valence-electron chi connectivity index (χ1n) is 10.1. The van der Waals surface area contributed by atoms with E-state index in [0.29, 0.717) is 19.6 Å². The SMILES string of the molecule is CN=C(NCCc1cc(F)cc2c1OCOC2)N1CCN(c2cccc(Cl)c2)CC1.I. The Morgan fingerprint density at radius 2 is 2.00 bits per heavy atom. The molecule has 0 saturated carbocycles. The van der Waals surface area contributed by atoms with Gasteiger partial charge in [-0.2, -0.15) is 0 Å². The van der Waals surface area contributed by atoms with Gasteiger partial charge in [-0.3, -0.25) is 4.99 Å². The van der Waals surface area contributed by atoms with Gasteiger partial charge in [0.05, 0.1) is 6.61 Å². The third-order valence-electron chi connectivity index (χ3n) is 5.39. The summed E-state index contributed by atoms with van der Waals surface area (Å²) in [6, 6.07) is 11.0. The van der Waals surface area contributed by atoms with Crippen LogP contribution in [-0.4, -0.2) is 57.4 Å². The Labute approximate surface area is 204 Å². The zero-order chi connectivity index (χ0) is 20.9. The van der Waals surface area contributed by atoms with Crippen molar-refractivity contribution in [3.05, 3.63) is 58.4 Å². The van der Waals surface area contributed by atoms with Crippen LogP contribution in [0.4, 0.5) is 10.1 Å². The second-order valence-corrected chi connectivity index (χ2v) is 7.78. The number of anilines is 1. The molecule has 0 bridgehead atoms. The summed E-state index contributed by atoms with van der Waals surface area (Å²) in [4.78, 5) is 9.00. The minimum atomic E-state index is -0.264. The van der Waals surface area contributed by atoms with E-state index < -0.39 is 0 Å². The highest BCUT2D eigenvalue weighted by Crippen LogP contribution is 2.29. The van der Waals surface area contributed by atoms with E-state index in [2.05, 4.69) is 26.2 Å². The van der Waals surface area contributed by atoms with Gasteiger partial charge in [0, 0.05) is 56.0 Å². The molecule has 2 aliphatic heterocycles. The van der Waals surface area contributed by atoms with Crippen LogP contribution < -0.4 is 15.0 Å². The zero-order valence-corrected chi connectivity index (χ0v) is 20.5. The molecule has 0 spiro atoms. The minimum Gasteiger partial charge on any atom is -0.467 e. The summed E-state index contributed by atoms with van der Waals surface area (Å²) in [5.74, 6) is 1.34. The lowest BCUT2D eigenvalue weighted by Crippen LogP contribution is -2.52. The minimum absolute atomic E-state index is 0. The number of fused-ring (bicyclic) bond motifs is 1. The summed E-state index contributed by atoms with van der Waals surface area (Å²) in [6.45, 7) is 4.74. The molecule has 2 heterocycles. The fraction of sp³-hybridized carbons (Fsp3) is 0.409. The maximum atomic E-state index is 13.9. The van der Waals surface area contributed by atoms with E-state index in [1.165, 1.54) is 6.07 Å². The molecule has 1 N–H and O–H groups in total. The largest absolute Gasteiger partial charge is 0.467 e. The average Bonchev–Trinajstić information content (AvgIpc) is 2.77. The molecule has 1 fully saturated rings. The molecule has 0 aliphatic carbocycles. The molecule has 0 radical (unpaired) electrons. The van der Waals surface area contributed by atoms with Gasteiger partial charge in [-0.15, -0.1) is 24.0 Å². The molecule has 2 aromatic carbocycles. The molecule has 4 rings (SSSR count). The van der Waals surface area contributed by atoms with Gasteiger partial charge in [0.2, 0.25) is 0 Å². The summed E-state index contributed by atoms with van der Waals surface area (Å²) < 4.78 is 24.8. The third kappa shape index (κ3) is 5.93. The molecular formula is C22H27ClFIN4O2. The molecule has 2 aromatic rings. The maximum absolute atomic E-state index is 13.9. The number of nitrogens with zero attached hydrogens (tertiary/aromatic N) is 3. The van der Waals surface area contributed by atoms with E-state index in [0.717, 1.165) is 59.7 Å². The van der Waals surface area contributed by atoms with Crippen LogP contribution in [0, 0.1) is 5.82 Å². The number of ether oxygens (including phenoxy) is 2. The van der Waals surface area contributed by atoms with Gasteiger partial charge >= 0.3 is 0 Å². The molecule has 2 aliphatic rings. The fourth-order valence-electron chi connectivity index (χ4n) is 3.93. The predicted molar refractivity (Wildman–Crippen MR) is 132 cm³/mol. The number of rotatable bonds is 4. The van der Waals surface area contributed by atoms with Crippen LogP contribution in [0.2, 0.25) is 5.02 Å². The van der Waals surface area contributed by atoms with Crippen molar-refractivity contribution in [1.82, 2.24) is 10.2 Å². The molecule has 9 heteroatoms. The van der Waals surface area contributed by atoms with E-state index >= 15 is 0 Å². The summed E-state index contributed by atoms with van der Waals surface area (Å²) >= 11 is 6.12. The number of nitrogens with one attached hydrogen (secondary N) is 1. The van der Waals surface area contributed by atoms with Crippen LogP contribution in [0.25, 0.3) is 0 Å². The van der Waals surface area contributed by atoms with E-state index in [1.54, 1.807) is 13.1 Å². The molecule has 0 amide bonds. The Morgan fingerprint density at radius 3 is 2.74 bits per heavy atom. The normalized spacial score (nSPS) is 16.3. The smallest absolute Gasteiger partial charge is 0.193 e. The van der Waals surface area contributed by atoms with Crippen molar-refractivity contribution >= 4 is 47.2 Å². The van der Waals surface area contributed by atoms with E-state index in [1.807, 2.05) is 18.2 Å². The molecule has 0 aromatic heterocycles. The zero-order valence-electron chi connectivity index (χ0n) is 17.4. The molecule has 31 heavy (non-hydrogen) atoms. The lowest BCUT2D eigenvalue weighted by Gasteiger charge is -2.37. The molecule has 168 valence electrons. The van der Waals surface area contributed by atoms with E-state index in [-0.39, 0.29) is 36.6 Å². The molecule has 0 atom stereocenters. The number of benzene rings is 2. The Morgan fingerprint density at radius 1 is 1.19 bits per heavy atom. The van der Waals surface area contributed by atoms with Crippen LogP contribution in [-0.2, 0) is 17.8 Å². The maximum Gasteiger partial charge on any atom is 0.193 e. The van der Waals surface area contributed by atoms with Gasteiger partial charge in [0.25, 0.3) is 0 Å². The molecule has 1 saturated heterocycles. The second kappa shape index (κ2) is 11.2. The lowest BCUT2D eigenvalue weighted by molar-refractivity contribution is -0.0172. The highest BCUT2D eigenvalue weighted by Gasteiger charge is 2.21. The van der Waals surface area contributed by atoms with Crippen molar-refractivity contribution in [3.63, 3.8) is 0 Å².